The molecule has 3 N–H and O–H groups in total. The van der Waals surface area contributed by atoms with Crippen LogP contribution in [-0.4, -0.2) is 41.2 Å². The van der Waals surface area contributed by atoms with E-state index in [-0.39, 0.29) is 12.5 Å². The fraction of sp³-hybridized carbons (Fsp3) is 0.917. The molecule has 3 fully saturated rings. The summed E-state index contributed by atoms with van der Waals surface area (Å²) in [5, 5.41) is 22.4. The van der Waals surface area contributed by atoms with E-state index in [4.69, 9.17) is 4.74 Å². The van der Waals surface area contributed by atoms with Crippen molar-refractivity contribution in [2.75, 3.05) is 13.2 Å². The number of alkyl carbamates (subject to hydrolysis) is 1. The number of aliphatic hydroxyl groups is 2. The van der Waals surface area contributed by atoms with Crippen LogP contribution in [0.1, 0.15) is 32.6 Å². The second-order valence-corrected chi connectivity index (χ2v) is 5.22. The highest BCUT2D eigenvalue weighted by atomic mass is 16.5. The normalized spacial score (nSPS) is 40.1. The minimum absolute atomic E-state index is 0.0538. The van der Waals surface area contributed by atoms with Crippen molar-refractivity contribution in [1.29, 1.82) is 0 Å². The molecular weight excluding hydrogens is 222 g/mol. The van der Waals surface area contributed by atoms with Crippen molar-refractivity contribution in [3.8, 4) is 0 Å². The molecule has 4 unspecified atom stereocenters. The highest BCUT2D eigenvalue weighted by Crippen LogP contribution is 2.47. The van der Waals surface area contributed by atoms with Gasteiger partial charge >= 0.3 is 6.09 Å². The molecule has 0 heterocycles. The first-order valence-electron chi connectivity index (χ1n) is 6.35. The van der Waals surface area contributed by atoms with Gasteiger partial charge in [0.25, 0.3) is 0 Å². The van der Waals surface area contributed by atoms with Crippen LogP contribution in [0.5, 0.6) is 0 Å². The van der Waals surface area contributed by atoms with Crippen LogP contribution in [0.3, 0.4) is 0 Å². The standard InChI is InChI=1S/C12H21NO4/c1-2-17-11(16)13-12(7-14)6-8-3-4-9(12)10(15)5-8/h8-10,14-15H,2-7H2,1H3,(H,13,16). The van der Waals surface area contributed by atoms with Gasteiger partial charge in [-0.15, -0.1) is 0 Å². The third kappa shape index (κ3) is 2.26. The molecule has 0 aliphatic heterocycles. The summed E-state index contributed by atoms with van der Waals surface area (Å²) in [5.41, 5.74) is -0.688. The summed E-state index contributed by atoms with van der Waals surface area (Å²) in [6.45, 7) is 1.92. The number of carbonyl (C=O) groups excluding carboxylic acids is 1. The number of nitrogens with one attached hydrogen (secondary N) is 1. The number of hydrogen-bond donors (Lipinski definition) is 3. The number of aliphatic hydroxyl groups excluding tert-OH is 2. The lowest BCUT2D eigenvalue weighted by Gasteiger charge is -2.53. The van der Waals surface area contributed by atoms with Crippen molar-refractivity contribution in [3.63, 3.8) is 0 Å². The van der Waals surface area contributed by atoms with Crippen LogP contribution in [-0.2, 0) is 4.74 Å². The Bertz CT molecular complexity index is 296. The second-order valence-electron chi connectivity index (χ2n) is 5.22. The topological polar surface area (TPSA) is 78.8 Å². The summed E-state index contributed by atoms with van der Waals surface area (Å²) in [4.78, 5) is 11.5. The molecule has 0 saturated heterocycles. The molecular formula is C12H21NO4. The Balaban J connectivity index is 2.11. The molecule has 1 amide bonds. The molecule has 98 valence electrons. The number of carbonyl (C=O) groups is 1. The van der Waals surface area contributed by atoms with Crippen LogP contribution in [0.15, 0.2) is 0 Å². The summed E-state index contributed by atoms with van der Waals surface area (Å²) in [5.74, 6) is 0.339. The highest BCUT2D eigenvalue weighted by molar-refractivity contribution is 5.68. The van der Waals surface area contributed by atoms with E-state index in [1.165, 1.54) is 0 Å². The molecule has 4 atom stereocenters. The minimum atomic E-state index is -0.688. The molecule has 3 saturated carbocycles. The van der Waals surface area contributed by atoms with Crippen LogP contribution < -0.4 is 5.32 Å². The molecule has 3 aliphatic rings. The van der Waals surface area contributed by atoms with Crippen LogP contribution in [0.4, 0.5) is 4.79 Å². The fourth-order valence-electron chi connectivity index (χ4n) is 3.46. The van der Waals surface area contributed by atoms with Crippen molar-refractivity contribution in [1.82, 2.24) is 5.32 Å². The van der Waals surface area contributed by atoms with Gasteiger partial charge in [-0.1, -0.05) is 0 Å². The Labute approximate surface area is 101 Å². The number of hydrogen-bond acceptors (Lipinski definition) is 4. The van der Waals surface area contributed by atoms with Crippen LogP contribution >= 0.6 is 0 Å². The quantitative estimate of drug-likeness (QED) is 0.680. The third-order valence-corrected chi connectivity index (χ3v) is 4.20. The van der Waals surface area contributed by atoms with Gasteiger partial charge in [-0.05, 0) is 38.5 Å². The van der Waals surface area contributed by atoms with E-state index in [0.29, 0.717) is 12.5 Å². The Morgan fingerprint density at radius 1 is 1.53 bits per heavy atom. The Hall–Kier alpha value is -0.810. The maximum absolute atomic E-state index is 11.5. The van der Waals surface area contributed by atoms with E-state index >= 15 is 0 Å². The molecule has 0 radical (unpaired) electrons. The molecule has 0 spiro atoms. The predicted octanol–water partition coefficient (Wildman–Crippen LogP) is 0.645. The van der Waals surface area contributed by atoms with Gasteiger partial charge in [0.05, 0.1) is 24.9 Å². The zero-order valence-corrected chi connectivity index (χ0v) is 10.2. The summed E-state index contributed by atoms with van der Waals surface area (Å²) >= 11 is 0. The zero-order chi connectivity index (χ0) is 12.5. The number of rotatable bonds is 3. The maximum atomic E-state index is 11.5. The number of amides is 1. The van der Waals surface area contributed by atoms with Gasteiger partial charge in [-0.2, -0.15) is 0 Å². The summed E-state index contributed by atoms with van der Waals surface area (Å²) in [7, 11) is 0. The molecule has 17 heavy (non-hydrogen) atoms. The zero-order valence-electron chi connectivity index (χ0n) is 10.2. The van der Waals surface area contributed by atoms with Crippen molar-refractivity contribution in [3.05, 3.63) is 0 Å². The van der Waals surface area contributed by atoms with Gasteiger partial charge in [0.15, 0.2) is 0 Å². The number of ether oxygens (including phenoxy) is 1. The van der Waals surface area contributed by atoms with Crippen molar-refractivity contribution < 1.29 is 19.7 Å². The summed E-state index contributed by atoms with van der Waals surface area (Å²) < 4.78 is 4.87. The molecule has 5 nitrogen and oxygen atoms in total. The first-order valence-corrected chi connectivity index (χ1v) is 6.35. The van der Waals surface area contributed by atoms with Gasteiger partial charge in [0, 0.05) is 5.92 Å². The largest absolute Gasteiger partial charge is 0.450 e. The van der Waals surface area contributed by atoms with Gasteiger partial charge < -0.3 is 20.3 Å². The Morgan fingerprint density at radius 3 is 2.82 bits per heavy atom. The van der Waals surface area contributed by atoms with E-state index in [9.17, 15) is 15.0 Å². The monoisotopic (exact) mass is 243 g/mol. The van der Waals surface area contributed by atoms with E-state index in [1.54, 1.807) is 6.92 Å². The minimum Gasteiger partial charge on any atom is -0.450 e. The fourth-order valence-corrected chi connectivity index (χ4v) is 3.46. The summed E-state index contributed by atoms with van der Waals surface area (Å²) in [6.07, 6.45) is 2.55. The van der Waals surface area contributed by atoms with Gasteiger partial charge in [0.1, 0.15) is 0 Å². The average molecular weight is 243 g/mol. The van der Waals surface area contributed by atoms with Crippen LogP contribution in [0.25, 0.3) is 0 Å². The van der Waals surface area contributed by atoms with Crippen molar-refractivity contribution in [2.45, 2.75) is 44.2 Å². The van der Waals surface area contributed by atoms with Crippen molar-refractivity contribution in [2.24, 2.45) is 11.8 Å². The van der Waals surface area contributed by atoms with Crippen molar-refractivity contribution >= 4 is 6.09 Å². The van der Waals surface area contributed by atoms with Gasteiger partial charge in [0.2, 0.25) is 0 Å². The van der Waals surface area contributed by atoms with E-state index < -0.39 is 17.7 Å². The second kappa shape index (κ2) is 4.82. The Morgan fingerprint density at radius 2 is 2.29 bits per heavy atom. The van der Waals surface area contributed by atoms with E-state index in [1.807, 2.05) is 0 Å². The van der Waals surface area contributed by atoms with E-state index in [0.717, 1.165) is 25.7 Å². The molecule has 0 aromatic carbocycles. The van der Waals surface area contributed by atoms with Gasteiger partial charge in [-0.25, -0.2) is 4.79 Å². The Kier molecular flexibility index (Phi) is 3.58. The summed E-state index contributed by atoms with van der Waals surface area (Å²) in [6, 6.07) is 0. The van der Waals surface area contributed by atoms with Crippen LogP contribution in [0, 0.1) is 11.8 Å². The molecule has 2 bridgehead atoms. The molecule has 0 aromatic heterocycles. The predicted molar refractivity (Wildman–Crippen MR) is 61.4 cm³/mol. The smallest absolute Gasteiger partial charge is 0.407 e. The molecule has 3 rings (SSSR count). The van der Waals surface area contributed by atoms with Crippen LogP contribution in [0.2, 0.25) is 0 Å². The third-order valence-electron chi connectivity index (χ3n) is 4.20. The molecule has 5 heteroatoms. The van der Waals surface area contributed by atoms with E-state index in [2.05, 4.69) is 5.32 Å². The SMILES string of the molecule is CCOC(=O)NC1(CO)CC2CCC1C(O)C2. The van der Waals surface area contributed by atoms with Gasteiger partial charge in [-0.3, -0.25) is 0 Å². The number of fused-ring (bicyclic) bond motifs is 3. The molecule has 3 aliphatic carbocycles. The molecule has 0 aromatic rings. The lowest BCUT2D eigenvalue weighted by atomic mass is 9.59. The highest BCUT2D eigenvalue weighted by Gasteiger charge is 2.52. The maximum Gasteiger partial charge on any atom is 0.407 e. The lowest BCUT2D eigenvalue weighted by Crippen LogP contribution is -2.65. The average Bonchev–Trinajstić information content (AvgIpc) is 2.29. The first kappa shape index (κ1) is 12.6. The first-order chi connectivity index (χ1) is 8.11. The lowest BCUT2D eigenvalue weighted by molar-refractivity contribution is -0.0809.